The van der Waals surface area contributed by atoms with Gasteiger partial charge in [0.2, 0.25) is 0 Å². The Hall–Kier alpha value is -1.29. The molecule has 4 heteroatoms. The van der Waals surface area contributed by atoms with E-state index in [1.54, 1.807) is 0 Å². The van der Waals surface area contributed by atoms with Crippen LogP contribution >= 0.6 is 0 Å². The molecule has 1 saturated carbocycles. The monoisotopic (exact) mass is 277 g/mol. The second-order valence-electron chi connectivity index (χ2n) is 5.87. The van der Waals surface area contributed by atoms with Gasteiger partial charge in [-0.2, -0.15) is 0 Å². The maximum Gasteiger partial charge on any atom is 0.128 e. The molecule has 3 N–H and O–H groups in total. The topological polar surface area (TPSA) is 57.2 Å². The highest BCUT2D eigenvalue weighted by molar-refractivity contribution is 5.45. The second-order valence-corrected chi connectivity index (χ2v) is 5.87. The summed E-state index contributed by atoms with van der Waals surface area (Å²) < 4.78 is 0. The van der Waals surface area contributed by atoms with Crippen molar-refractivity contribution >= 4 is 11.6 Å². The molecule has 0 aromatic carbocycles. The van der Waals surface area contributed by atoms with Crippen LogP contribution in [0.25, 0.3) is 0 Å². The minimum atomic E-state index is -0.568. The van der Waals surface area contributed by atoms with E-state index in [1.165, 1.54) is 6.42 Å². The van der Waals surface area contributed by atoms with Crippen LogP contribution in [0, 0.1) is 5.92 Å². The van der Waals surface area contributed by atoms with Gasteiger partial charge in [0.15, 0.2) is 0 Å². The van der Waals surface area contributed by atoms with Gasteiger partial charge in [0, 0.05) is 13.1 Å². The highest BCUT2D eigenvalue weighted by Gasteiger charge is 2.32. The number of hydrogen-bond acceptors (Lipinski definition) is 4. The molecular formula is C16H27N3O. The first-order valence-corrected chi connectivity index (χ1v) is 7.82. The van der Waals surface area contributed by atoms with Crippen LogP contribution in [-0.2, 0) is 0 Å². The average molecular weight is 277 g/mol. The van der Waals surface area contributed by atoms with Gasteiger partial charge in [-0.1, -0.05) is 19.4 Å². The third kappa shape index (κ3) is 4.10. The van der Waals surface area contributed by atoms with E-state index in [0.29, 0.717) is 6.54 Å². The first kappa shape index (κ1) is 15.1. The Labute approximate surface area is 122 Å². The molecule has 1 fully saturated rings. The van der Waals surface area contributed by atoms with Crippen molar-refractivity contribution in [3.63, 3.8) is 0 Å². The molecule has 0 unspecified atom stereocenters. The summed E-state index contributed by atoms with van der Waals surface area (Å²) in [5.41, 5.74) is -0.568. The van der Waals surface area contributed by atoms with Crippen LogP contribution in [0.3, 0.4) is 0 Å². The Bertz CT molecular complexity index is 414. The summed E-state index contributed by atoms with van der Waals surface area (Å²) in [5.74, 6) is 2.50. The molecule has 1 aromatic heterocycles. The molecule has 0 aliphatic heterocycles. The van der Waals surface area contributed by atoms with Crippen molar-refractivity contribution in [2.75, 3.05) is 23.7 Å². The molecule has 0 saturated heterocycles. The molecule has 2 rings (SSSR count). The van der Waals surface area contributed by atoms with Gasteiger partial charge in [0.05, 0.1) is 5.60 Å². The van der Waals surface area contributed by atoms with Gasteiger partial charge in [0.1, 0.15) is 11.6 Å². The molecule has 0 atom stereocenters. The fourth-order valence-electron chi connectivity index (χ4n) is 2.87. The Morgan fingerprint density at radius 2 is 1.85 bits per heavy atom. The van der Waals surface area contributed by atoms with Gasteiger partial charge < -0.3 is 15.7 Å². The summed E-state index contributed by atoms with van der Waals surface area (Å²) in [6.45, 7) is 5.74. The molecule has 112 valence electrons. The minimum absolute atomic E-state index is 0.568. The van der Waals surface area contributed by atoms with Crippen molar-refractivity contribution in [3.8, 4) is 0 Å². The lowest BCUT2D eigenvalue weighted by Gasteiger charge is -2.36. The quantitative estimate of drug-likeness (QED) is 0.747. The highest BCUT2D eigenvalue weighted by atomic mass is 16.3. The largest absolute Gasteiger partial charge is 0.388 e. The fourth-order valence-corrected chi connectivity index (χ4v) is 2.87. The summed E-state index contributed by atoms with van der Waals surface area (Å²) in [5, 5.41) is 17.1. The van der Waals surface area contributed by atoms with Gasteiger partial charge in [0.25, 0.3) is 0 Å². The average Bonchev–Trinajstić information content (AvgIpc) is 2.47. The molecule has 4 nitrogen and oxygen atoms in total. The van der Waals surface area contributed by atoms with E-state index in [4.69, 9.17) is 0 Å². The van der Waals surface area contributed by atoms with Crippen molar-refractivity contribution in [2.24, 2.45) is 5.92 Å². The summed E-state index contributed by atoms with van der Waals surface area (Å²) in [7, 11) is 0. The summed E-state index contributed by atoms with van der Waals surface area (Å²) in [4.78, 5) is 4.48. The first-order valence-electron chi connectivity index (χ1n) is 7.82. The Morgan fingerprint density at radius 3 is 2.45 bits per heavy atom. The van der Waals surface area contributed by atoms with E-state index in [9.17, 15) is 5.11 Å². The molecule has 0 bridgehead atoms. The zero-order valence-electron chi connectivity index (χ0n) is 12.7. The standard InChI is InChI=1S/C16H27N3O/c1-3-13-8-10-16(20,11-9-13)12-18-15-7-5-6-14(19-15)17-4-2/h5-7,13,20H,3-4,8-12H2,1-2H3,(H2,17,18,19). The van der Waals surface area contributed by atoms with Gasteiger partial charge in [-0.3, -0.25) is 0 Å². The molecule has 1 heterocycles. The van der Waals surface area contributed by atoms with Crippen molar-refractivity contribution < 1.29 is 5.11 Å². The molecule has 0 amide bonds. The molecule has 1 aromatic rings. The minimum Gasteiger partial charge on any atom is -0.388 e. The van der Waals surface area contributed by atoms with E-state index < -0.39 is 5.60 Å². The normalized spacial score (nSPS) is 26.2. The number of anilines is 2. The maximum absolute atomic E-state index is 10.6. The molecule has 0 spiro atoms. The molecule has 20 heavy (non-hydrogen) atoms. The molecule has 1 aliphatic carbocycles. The van der Waals surface area contributed by atoms with Crippen molar-refractivity contribution in [1.82, 2.24) is 4.98 Å². The van der Waals surface area contributed by atoms with Crippen LogP contribution in [0.1, 0.15) is 46.0 Å². The number of rotatable bonds is 6. The third-order valence-corrected chi connectivity index (χ3v) is 4.32. The fraction of sp³-hybridized carbons (Fsp3) is 0.688. The van der Waals surface area contributed by atoms with Crippen LogP contribution in [-0.4, -0.2) is 28.8 Å². The predicted octanol–water partition coefficient (Wildman–Crippen LogP) is 3.26. The third-order valence-electron chi connectivity index (χ3n) is 4.32. The molecular weight excluding hydrogens is 250 g/mol. The van der Waals surface area contributed by atoms with Crippen LogP contribution < -0.4 is 10.6 Å². The summed E-state index contributed by atoms with van der Waals surface area (Å²) in [6.07, 6.45) is 5.30. The number of hydrogen-bond donors (Lipinski definition) is 3. The number of aliphatic hydroxyl groups is 1. The highest BCUT2D eigenvalue weighted by Crippen LogP contribution is 2.33. The van der Waals surface area contributed by atoms with Gasteiger partial charge in [-0.25, -0.2) is 4.98 Å². The Kier molecular flexibility index (Phi) is 5.24. The number of nitrogens with zero attached hydrogens (tertiary/aromatic N) is 1. The van der Waals surface area contributed by atoms with E-state index in [2.05, 4.69) is 29.5 Å². The van der Waals surface area contributed by atoms with Crippen molar-refractivity contribution in [1.29, 1.82) is 0 Å². The predicted molar refractivity (Wildman–Crippen MR) is 84.1 cm³/mol. The van der Waals surface area contributed by atoms with Crippen LogP contribution in [0.2, 0.25) is 0 Å². The van der Waals surface area contributed by atoms with E-state index in [1.807, 2.05) is 18.2 Å². The second kappa shape index (κ2) is 6.93. The van der Waals surface area contributed by atoms with Gasteiger partial charge >= 0.3 is 0 Å². The SMILES string of the molecule is CCNc1cccc(NCC2(O)CCC(CC)CC2)n1. The maximum atomic E-state index is 10.6. The van der Waals surface area contributed by atoms with Crippen LogP contribution in [0.15, 0.2) is 18.2 Å². The number of aromatic nitrogens is 1. The van der Waals surface area contributed by atoms with Gasteiger partial charge in [-0.05, 0) is 50.7 Å². The first-order chi connectivity index (χ1) is 9.65. The number of pyridine rings is 1. The lowest BCUT2D eigenvalue weighted by molar-refractivity contribution is 0.00223. The lowest BCUT2D eigenvalue weighted by atomic mass is 9.78. The Balaban J connectivity index is 1.87. The van der Waals surface area contributed by atoms with Crippen molar-refractivity contribution in [3.05, 3.63) is 18.2 Å². The van der Waals surface area contributed by atoms with Gasteiger partial charge in [-0.15, -0.1) is 0 Å². The Morgan fingerprint density at radius 1 is 1.20 bits per heavy atom. The van der Waals surface area contributed by atoms with Crippen molar-refractivity contribution in [2.45, 2.75) is 51.6 Å². The number of nitrogens with one attached hydrogen (secondary N) is 2. The summed E-state index contributed by atoms with van der Waals surface area (Å²) in [6, 6.07) is 5.88. The zero-order chi connectivity index (χ0) is 14.4. The zero-order valence-corrected chi connectivity index (χ0v) is 12.7. The van der Waals surface area contributed by atoms with E-state index in [0.717, 1.165) is 49.8 Å². The molecule has 0 radical (unpaired) electrons. The van der Waals surface area contributed by atoms with E-state index in [-0.39, 0.29) is 0 Å². The van der Waals surface area contributed by atoms with Crippen LogP contribution in [0.5, 0.6) is 0 Å². The lowest BCUT2D eigenvalue weighted by Crippen LogP contribution is -2.40. The van der Waals surface area contributed by atoms with Crippen LogP contribution in [0.4, 0.5) is 11.6 Å². The summed E-state index contributed by atoms with van der Waals surface area (Å²) >= 11 is 0. The smallest absolute Gasteiger partial charge is 0.128 e. The molecule has 1 aliphatic rings. The van der Waals surface area contributed by atoms with E-state index >= 15 is 0 Å².